The number of likely N-dealkylation sites (tertiary alicyclic amines) is 1. The zero-order valence-corrected chi connectivity index (χ0v) is 17.9. The molecule has 0 radical (unpaired) electrons. The van der Waals surface area contributed by atoms with Gasteiger partial charge in [-0.1, -0.05) is 18.6 Å². The molecule has 2 rings (SSSR count). The van der Waals surface area contributed by atoms with Crippen LogP contribution >= 0.6 is 0 Å². The van der Waals surface area contributed by atoms with E-state index < -0.39 is 11.7 Å². The normalized spacial score (nSPS) is 15.8. The van der Waals surface area contributed by atoms with Crippen LogP contribution in [0.5, 0.6) is 0 Å². The van der Waals surface area contributed by atoms with Crippen molar-refractivity contribution in [3.8, 4) is 0 Å². The van der Waals surface area contributed by atoms with Crippen LogP contribution in [0.15, 0.2) is 24.3 Å². The highest BCUT2D eigenvalue weighted by molar-refractivity contribution is 5.85. The maximum Gasteiger partial charge on any atom is 0.412 e. The molecule has 156 valence electrons. The summed E-state index contributed by atoms with van der Waals surface area (Å²) in [6, 6.07) is 7.26. The molecule has 0 unspecified atom stereocenters. The summed E-state index contributed by atoms with van der Waals surface area (Å²) in [5.74, 6) is 0.0120. The lowest BCUT2D eigenvalue weighted by molar-refractivity contribution is -0.121. The van der Waals surface area contributed by atoms with Crippen molar-refractivity contribution in [1.29, 1.82) is 0 Å². The minimum atomic E-state index is -0.538. The minimum absolute atomic E-state index is 0.0120. The van der Waals surface area contributed by atoms with E-state index in [-0.39, 0.29) is 11.4 Å². The number of hydrogen-bond donors (Lipinski definition) is 2. The van der Waals surface area contributed by atoms with Crippen molar-refractivity contribution in [1.82, 2.24) is 10.2 Å². The summed E-state index contributed by atoms with van der Waals surface area (Å²) in [4.78, 5) is 26.6. The molecule has 0 atom stereocenters. The van der Waals surface area contributed by atoms with Crippen LogP contribution in [0.4, 0.5) is 10.5 Å². The van der Waals surface area contributed by atoms with Crippen molar-refractivity contribution >= 4 is 17.7 Å². The molecule has 1 aromatic rings. The highest BCUT2D eigenvalue weighted by Crippen LogP contribution is 2.20. The van der Waals surface area contributed by atoms with Crippen molar-refractivity contribution in [2.45, 2.75) is 71.4 Å². The number of anilines is 1. The average Bonchev–Trinajstić information content (AvgIpc) is 2.61. The molecule has 1 heterocycles. The Balaban J connectivity index is 1.79. The molecule has 2 amide bonds. The number of hydrogen-bond acceptors (Lipinski definition) is 4. The predicted octanol–water partition coefficient (Wildman–Crippen LogP) is 3.96. The molecule has 1 aliphatic heterocycles. The minimum Gasteiger partial charge on any atom is -0.444 e. The molecule has 6 heteroatoms. The van der Waals surface area contributed by atoms with E-state index in [4.69, 9.17) is 4.74 Å². The summed E-state index contributed by atoms with van der Waals surface area (Å²) in [5.41, 5.74) is 0.981. The Hall–Kier alpha value is -2.08. The Morgan fingerprint density at radius 1 is 1.00 bits per heavy atom. The molecule has 6 nitrogen and oxygen atoms in total. The van der Waals surface area contributed by atoms with E-state index in [1.165, 1.54) is 19.3 Å². The molecule has 1 saturated heterocycles. The van der Waals surface area contributed by atoms with Crippen LogP contribution in [0.1, 0.15) is 59.4 Å². The van der Waals surface area contributed by atoms with E-state index in [9.17, 15) is 9.59 Å². The Morgan fingerprint density at radius 3 is 2.18 bits per heavy atom. The molecule has 0 spiro atoms. The summed E-state index contributed by atoms with van der Waals surface area (Å²) in [6.07, 6.45) is 3.61. The monoisotopic (exact) mass is 389 g/mol. The maximum absolute atomic E-state index is 12.3. The van der Waals surface area contributed by atoms with Crippen LogP contribution in [-0.4, -0.2) is 47.7 Å². The van der Waals surface area contributed by atoms with Gasteiger partial charge < -0.3 is 10.1 Å². The summed E-state index contributed by atoms with van der Waals surface area (Å²) < 4.78 is 5.23. The Labute approximate surface area is 169 Å². The first kappa shape index (κ1) is 22.2. The summed E-state index contributed by atoms with van der Waals surface area (Å²) >= 11 is 0. The van der Waals surface area contributed by atoms with Gasteiger partial charge in [-0.15, -0.1) is 0 Å². The number of rotatable bonds is 6. The zero-order valence-electron chi connectivity index (χ0n) is 17.9. The standard InChI is InChI=1S/C22H35N3O3/c1-21(2,3)28-20(27)24-18-11-9-17(10-12-18)15-19(26)23-16-22(4,5)25-13-7-6-8-14-25/h9-12H,6-8,13-16H2,1-5H3,(H,23,26)(H,24,27). The molecular weight excluding hydrogens is 354 g/mol. The fourth-order valence-corrected chi connectivity index (χ4v) is 3.30. The highest BCUT2D eigenvalue weighted by atomic mass is 16.6. The fraction of sp³-hybridized carbons (Fsp3) is 0.636. The third-order valence-electron chi connectivity index (χ3n) is 4.89. The van der Waals surface area contributed by atoms with Gasteiger partial charge in [0, 0.05) is 17.8 Å². The van der Waals surface area contributed by atoms with Crippen LogP contribution in [-0.2, 0) is 16.0 Å². The number of carbonyl (C=O) groups excluding carboxylic acids is 2. The van der Waals surface area contributed by atoms with Crippen molar-refractivity contribution in [2.24, 2.45) is 0 Å². The van der Waals surface area contributed by atoms with Crippen LogP contribution in [0.2, 0.25) is 0 Å². The van der Waals surface area contributed by atoms with Crippen LogP contribution in [0.25, 0.3) is 0 Å². The lowest BCUT2D eigenvalue weighted by atomic mass is 9.98. The first-order chi connectivity index (χ1) is 13.0. The van der Waals surface area contributed by atoms with Crippen molar-refractivity contribution in [2.75, 3.05) is 25.0 Å². The lowest BCUT2D eigenvalue weighted by Crippen LogP contribution is -2.53. The van der Waals surface area contributed by atoms with Gasteiger partial charge in [0.2, 0.25) is 5.91 Å². The van der Waals surface area contributed by atoms with E-state index in [0.29, 0.717) is 18.7 Å². The topological polar surface area (TPSA) is 70.7 Å². The van der Waals surface area contributed by atoms with Gasteiger partial charge in [0.05, 0.1) is 6.42 Å². The SMILES string of the molecule is CC(C)(C)OC(=O)Nc1ccc(CC(=O)NCC(C)(C)N2CCCCC2)cc1. The maximum atomic E-state index is 12.3. The number of nitrogens with one attached hydrogen (secondary N) is 2. The molecule has 1 aliphatic rings. The van der Waals surface area contributed by atoms with Gasteiger partial charge >= 0.3 is 6.09 Å². The van der Waals surface area contributed by atoms with E-state index >= 15 is 0 Å². The van der Waals surface area contributed by atoms with Crippen molar-refractivity contribution in [3.63, 3.8) is 0 Å². The number of carbonyl (C=O) groups is 2. The van der Waals surface area contributed by atoms with Crippen LogP contribution < -0.4 is 10.6 Å². The second-order valence-corrected chi connectivity index (χ2v) is 9.14. The van der Waals surface area contributed by atoms with Crippen LogP contribution in [0, 0.1) is 0 Å². The van der Waals surface area contributed by atoms with Gasteiger partial charge in [-0.25, -0.2) is 4.79 Å². The van der Waals surface area contributed by atoms with Crippen LogP contribution in [0.3, 0.4) is 0 Å². The Kier molecular flexibility index (Phi) is 7.47. The first-order valence-electron chi connectivity index (χ1n) is 10.2. The molecule has 0 bridgehead atoms. The molecule has 1 aromatic carbocycles. The largest absolute Gasteiger partial charge is 0.444 e. The van der Waals surface area contributed by atoms with E-state index in [1.807, 2.05) is 32.9 Å². The van der Waals surface area contributed by atoms with E-state index in [0.717, 1.165) is 18.7 Å². The average molecular weight is 390 g/mol. The van der Waals surface area contributed by atoms with Crippen molar-refractivity contribution < 1.29 is 14.3 Å². The zero-order chi connectivity index (χ0) is 20.8. The molecule has 0 aliphatic carbocycles. The van der Waals surface area contributed by atoms with Gasteiger partial charge in [0.1, 0.15) is 5.60 Å². The smallest absolute Gasteiger partial charge is 0.412 e. The quantitative estimate of drug-likeness (QED) is 0.773. The number of amides is 2. The number of piperidine rings is 1. The van der Waals surface area contributed by atoms with Gasteiger partial charge in [-0.2, -0.15) is 0 Å². The number of nitrogens with zero attached hydrogens (tertiary/aromatic N) is 1. The summed E-state index contributed by atoms with van der Waals surface area (Å²) in [7, 11) is 0. The van der Waals surface area contributed by atoms with E-state index in [1.54, 1.807) is 12.1 Å². The second-order valence-electron chi connectivity index (χ2n) is 9.14. The first-order valence-corrected chi connectivity index (χ1v) is 10.2. The molecular formula is C22H35N3O3. The summed E-state index contributed by atoms with van der Waals surface area (Å²) in [6.45, 7) is 12.7. The van der Waals surface area contributed by atoms with Gasteiger partial charge in [-0.05, 0) is 78.2 Å². The van der Waals surface area contributed by atoms with E-state index in [2.05, 4.69) is 29.4 Å². The molecule has 1 fully saturated rings. The fourth-order valence-electron chi connectivity index (χ4n) is 3.30. The highest BCUT2D eigenvalue weighted by Gasteiger charge is 2.28. The number of benzene rings is 1. The van der Waals surface area contributed by atoms with Gasteiger partial charge in [0.15, 0.2) is 0 Å². The Morgan fingerprint density at radius 2 is 1.61 bits per heavy atom. The number of ether oxygens (including phenoxy) is 1. The molecule has 0 saturated carbocycles. The summed E-state index contributed by atoms with van der Waals surface area (Å²) in [5, 5.41) is 5.76. The second kappa shape index (κ2) is 9.41. The van der Waals surface area contributed by atoms with Gasteiger partial charge in [-0.3, -0.25) is 15.0 Å². The Bertz CT molecular complexity index is 657. The lowest BCUT2D eigenvalue weighted by Gasteiger charge is -2.41. The molecule has 28 heavy (non-hydrogen) atoms. The van der Waals surface area contributed by atoms with Gasteiger partial charge in [0.25, 0.3) is 0 Å². The predicted molar refractivity (Wildman–Crippen MR) is 113 cm³/mol. The third-order valence-corrected chi connectivity index (χ3v) is 4.89. The molecule has 0 aromatic heterocycles. The van der Waals surface area contributed by atoms with Crippen molar-refractivity contribution in [3.05, 3.63) is 29.8 Å². The third kappa shape index (κ3) is 7.50. The molecule has 2 N–H and O–H groups in total.